The number of rotatable bonds is 7. The lowest BCUT2D eigenvalue weighted by atomic mass is 9.49. The fraction of sp³-hybridized carbons (Fsp3) is 0.531. The molecule has 2 saturated carbocycles. The van der Waals surface area contributed by atoms with Gasteiger partial charge in [0, 0.05) is 43.7 Å². The Morgan fingerprint density at radius 2 is 1.80 bits per heavy atom. The number of primary amides is 1. The number of nitrogens with one attached hydrogen (secondary N) is 1. The van der Waals surface area contributed by atoms with E-state index < -0.39 is 85.9 Å². The number of hydrogen-bond donors (Lipinski definition) is 4. The van der Waals surface area contributed by atoms with Gasteiger partial charge in [-0.2, -0.15) is 0 Å². The lowest BCUT2D eigenvalue weighted by Crippen LogP contribution is -2.71. The van der Waals surface area contributed by atoms with E-state index in [2.05, 4.69) is 4.72 Å². The first-order chi connectivity index (χ1) is 20.9. The Hall–Kier alpha value is -3.68. The van der Waals surface area contributed by atoms with E-state index in [9.17, 15) is 42.6 Å². The van der Waals surface area contributed by atoms with E-state index in [1.54, 1.807) is 58.8 Å². The standard InChI is InChI=1S/C32H39N3O9S/c1-13(2)21-19-10-16-9-18-20(35(5)6)11-17(12-34-45(43,44)28-14(3)7-8-15(28)4)25(36)23(18)27(38)22(16)29(39)32(19,42)30(40)24(26(21)37)31(33)41/h7,11,13,16,19,21-22,24,34,36,42H,8-10,12H2,1-6H3,(H2,33,41)/t16-,19-,21-,22?,24?,32-/m0/s1. The van der Waals surface area contributed by atoms with Crippen molar-refractivity contribution in [2.24, 2.45) is 41.2 Å². The zero-order valence-corrected chi connectivity index (χ0v) is 26.9. The maximum Gasteiger partial charge on any atom is 0.241 e. The number of aromatic hydroxyl groups is 1. The second-order valence-electron chi connectivity index (χ2n) is 13.3. The Bertz CT molecular complexity index is 1740. The summed E-state index contributed by atoms with van der Waals surface area (Å²) in [7, 11) is -0.520. The number of hydrogen-bond acceptors (Lipinski definition) is 10. The number of amides is 1. The van der Waals surface area contributed by atoms with Crippen molar-refractivity contribution in [3.05, 3.63) is 44.9 Å². The summed E-state index contributed by atoms with van der Waals surface area (Å²) < 4.78 is 28.9. The summed E-state index contributed by atoms with van der Waals surface area (Å²) in [4.78, 5) is 69.2. The predicted molar refractivity (Wildman–Crippen MR) is 163 cm³/mol. The largest absolute Gasteiger partial charge is 0.507 e. The molecule has 0 spiro atoms. The molecule has 0 bridgehead atoms. The van der Waals surface area contributed by atoms with Gasteiger partial charge in [0.25, 0.3) is 0 Å². The Balaban J connectivity index is 1.58. The minimum absolute atomic E-state index is 0.0274. The van der Waals surface area contributed by atoms with Gasteiger partial charge in [0.2, 0.25) is 15.9 Å². The molecule has 13 heteroatoms. The summed E-state index contributed by atoms with van der Waals surface area (Å²) >= 11 is 0. The first-order valence-electron chi connectivity index (χ1n) is 15.0. The first-order valence-corrected chi connectivity index (χ1v) is 16.4. The average Bonchev–Trinajstić information content (AvgIpc) is 3.28. The molecule has 4 aliphatic rings. The van der Waals surface area contributed by atoms with Crippen molar-refractivity contribution in [1.82, 2.24) is 4.72 Å². The van der Waals surface area contributed by atoms with Crippen LogP contribution in [0.1, 0.15) is 62.0 Å². The van der Waals surface area contributed by atoms with Crippen LogP contribution >= 0.6 is 0 Å². The molecule has 0 radical (unpaired) electrons. The van der Waals surface area contributed by atoms with Gasteiger partial charge in [0.15, 0.2) is 34.7 Å². The van der Waals surface area contributed by atoms with Gasteiger partial charge in [-0.1, -0.05) is 19.9 Å². The Kier molecular flexibility index (Phi) is 7.99. The molecule has 5 N–H and O–H groups in total. The van der Waals surface area contributed by atoms with Crippen molar-refractivity contribution < 1.29 is 42.6 Å². The molecule has 12 nitrogen and oxygen atoms in total. The number of benzene rings is 1. The van der Waals surface area contributed by atoms with E-state index in [4.69, 9.17) is 5.73 Å². The van der Waals surface area contributed by atoms with Crippen molar-refractivity contribution in [3.8, 4) is 5.75 Å². The van der Waals surface area contributed by atoms with Gasteiger partial charge < -0.3 is 20.8 Å². The third-order valence-corrected chi connectivity index (χ3v) is 11.8. The number of nitrogens with two attached hydrogens (primary N) is 1. The van der Waals surface area contributed by atoms with Gasteiger partial charge in [-0.25, -0.2) is 13.1 Å². The lowest BCUT2D eigenvalue weighted by molar-refractivity contribution is -0.182. The maximum atomic E-state index is 14.2. The molecule has 0 saturated heterocycles. The number of sulfonamides is 1. The van der Waals surface area contributed by atoms with Gasteiger partial charge in [0.05, 0.1) is 16.4 Å². The number of carbonyl (C=O) groups is 5. The lowest BCUT2D eigenvalue weighted by Gasteiger charge is -2.52. The summed E-state index contributed by atoms with van der Waals surface area (Å²) in [6.45, 7) is 6.44. The van der Waals surface area contributed by atoms with Gasteiger partial charge in [0.1, 0.15) is 5.75 Å². The fourth-order valence-corrected chi connectivity index (χ4v) is 9.54. The van der Waals surface area contributed by atoms with Crippen LogP contribution < -0.4 is 15.4 Å². The van der Waals surface area contributed by atoms with Crippen molar-refractivity contribution in [2.45, 2.75) is 59.1 Å². The van der Waals surface area contributed by atoms with Gasteiger partial charge in [-0.3, -0.25) is 24.0 Å². The minimum Gasteiger partial charge on any atom is -0.507 e. The van der Waals surface area contributed by atoms with Crippen LogP contribution in [0.3, 0.4) is 0 Å². The highest BCUT2D eigenvalue weighted by Crippen LogP contribution is 2.54. The van der Waals surface area contributed by atoms with Crippen LogP contribution in [0, 0.1) is 35.5 Å². The van der Waals surface area contributed by atoms with Crippen LogP contribution in [0.2, 0.25) is 0 Å². The quantitative estimate of drug-likeness (QED) is 0.315. The number of phenolic OH excluding ortho intramolecular Hbond substituents is 1. The number of allylic oxidation sites excluding steroid dienone is 3. The van der Waals surface area contributed by atoms with Crippen molar-refractivity contribution >= 4 is 44.8 Å². The number of aliphatic hydroxyl groups is 1. The van der Waals surface area contributed by atoms with Crippen LogP contribution in [0.15, 0.2) is 28.2 Å². The molecule has 4 aliphatic carbocycles. The number of nitrogens with zero attached hydrogens (tertiary/aromatic N) is 1. The molecule has 2 unspecified atom stereocenters. The third-order valence-electron chi connectivity index (χ3n) is 10.0. The molecule has 0 heterocycles. The highest BCUT2D eigenvalue weighted by Gasteiger charge is 2.69. The zero-order chi connectivity index (χ0) is 33.5. The molecular weight excluding hydrogens is 602 g/mol. The average molecular weight is 642 g/mol. The second-order valence-corrected chi connectivity index (χ2v) is 15.0. The molecule has 5 rings (SSSR count). The Morgan fingerprint density at radius 1 is 1.16 bits per heavy atom. The molecule has 45 heavy (non-hydrogen) atoms. The Labute approximate surface area is 261 Å². The highest BCUT2D eigenvalue weighted by molar-refractivity contribution is 7.93. The zero-order valence-electron chi connectivity index (χ0n) is 26.1. The van der Waals surface area contributed by atoms with E-state index in [1.807, 2.05) is 0 Å². The van der Waals surface area contributed by atoms with E-state index in [1.165, 1.54) is 0 Å². The summed E-state index contributed by atoms with van der Waals surface area (Å²) in [6, 6.07) is 1.59. The topological polar surface area (TPSA) is 201 Å². The molecule has 6 atom stereocenters. The number of Topliss-reactive ketones (excluding diaryl/α,β-unsaturated/α-hetero) is 4. The number of carbonyl (C=O) groups excluding carboxylic acids is 5. The minimum atomic E-state index is -3.96. The van der Waals surface area contributed by atoms with E-state index in [0.29, 0.717) is 28.8 Å². The maximum absolute atomic E-state index is 14.2. The monoisotopic (exact) mass is 641 g/mol. The highest BCUT2D eigenvalue weighted by atomic mass is 32.2. The number of fused-ring (bicyclic) bond motifs is 3. The molecule has 2 fully saturated rings. The van der Waals surface area contributed by atoms with Gasteiger partial charge in [-0.05, 0) is 67.7 Å². The summed E-state index contributed by atoms with van der Waals surface area (Å²) in [5, 5.41) is 23.2. The first kappa shape index (κ1) is 32.7. The van der Waals surface area contributed by atoms with E-state index in [-0.39, 0.29) is 35.4 Å². The number of ketones is 4. The van der Waals surface area contributed by atoms with Crippen LogP contribution in [0.4, 0.5) is 5.69 Å². The Morgan fingerprint density at radius 3 is 2.33 bits per heavy atom. The van der Waals surface area contributed by atoms with Crippen LogP contribution in [-0.2, 0) is 42.2 Å². The molecule has 1 aromatic rings. The van der Waals surface area contributed by atoms with Crippen LogP contribution in [0.25, 0.3) is 0 Å². The number of phenols is 1. The molecule has 1 aromatic carbocycles. The fourth-order valence-electron chi connectivity index (χ4n) is 8.00. The van der Waals surface area contributed by atoms with Crippen LogP contribution in [0.5, 0.6) is 5.75 Å². The van der Waals surface area contributed by atoms with E-state index in [0.717, 1.165) is 0 Å². The van der Waals surface area contributed by atoms with E-state index >= 15 is 0 Å². The molecular formula is C32H39N3O9S. The molecule has 242 valence electrons. The SMILES string of the molecule is CC1=CCC(C)=C1S(=O)(=O)NCc1cc(N(C)C)c2c(c1O)C(=O)C1C(=O)[C@]3(O)C(=O)C(C(N)=O)C(=O)[C@@H](C(C)C)[C@@H]3C[C@@H]1C2. The molecule has 0 aliphatic heterocycles. The molecule has 0 aromatic heterocycles. The summed E-state index contributed by atoms with van der Waals surface area (Å²) in [6.07, 6.45) is 2.39. The van der Waals surface area contributed by atoms with Gasteiger partial charge >= 0.3 is 0 Å². The number of anilines is 1. The van der Waals surface area contributed by atoms with Crippen molar-refractivity contribution in [2.75, 3.05) is 19.0 Å². The van der Waals surface area contributed by atoms with Crippen molar-refractivity contribution in [3.63, 3.8) is 0 Å². The summed E-state index contributed by atoms with van der Waals surface area (Å²) in [5.74, 6) is -12.7. The van der Waals surface area contributed by atoms with Crippen molar-refractivity contribution in [1.29, 1.82) is 0 Å². The second kappa shape index (κ2) is 11.0. The molecule has 1 amide bonds. The van der Waals surface area contributed by atoms with Crippen LogP contribution in [-0.4, -0.2) is 67.4 Å². The smallest absolute Gasteiger partial charge is 0.241 e. The third kappa shape index (κ3) is 4.78. The van der Waals surface area contributed by atoms with Gasteiger partial charge in [-0.15, -0.1) is 0 Å². The predicted octanol–water partition coefficient (Wildman–Crippen LogP) is 1.32. The summed E-state index contributed by atoms with van der Waals surface area (Å²) in [5.41, 5.74) is 4.75. The normalized spacial score (nSPS) is 29.9.